The van der Waals surface area contributed by atoms with E-state index in [9.17, 15) is 35.9 Å². The van der Waals surface area contributed by atoms with Gasteiger partial charge in [0.2, 0.25) is 15.9 Å². The molecule has 1 unspecified atom stereocenters. The van der Waals surface area contributed by atoms with Crippen molar-refractivity contribution in [1.82, 2.24) is 24.8 Å². The molecular formula is C23H23Cl2F4N5O5S2. The highest BCUT2D eigenvalue weighted by molar-refractivity contribution is 7.89. The highest BCUT2D eigenvalue weighted by atomic mass is 35.5. The molecule has 0 aliphatic carbocycles. The first-order chi connectivity index (χ1) is 18.9. The van der Waals surface area contributed by atoms with Crippen LogP contribution < -0.4 is 4.72 Å². The Balaban J connectivity index is 1.80. The standard InChI is InChI=1S/C23H23Cl2F4N5O5S2/c1-10(23(27,28)29)33-41(37,38)13-5-4-12(14(24)15(13)25)17-16(20(35)34-8-6-11(26)7-9-34)30-19(40-17)18-31-32-21(39-18)22(2,3)36/h4-5,10-11,33,36H,6-9H2,1-3H3. The molecule has 1 aliphatic heterocycles. The summed E-state index contributed by atoms with van der Waals surface area (Å²) in [6.07, 6.45) is -5.66. The summed E-state index contributed by atoms with van der Waals surface area (Å²) in [6.45, 7) is 3.70. The van der Waals surface area contributed by atoms with Crippen LogP contribution in [0.4, 0.5) is 17.6 Å². The molecule has 1 atom stereocenters. The maximum absolute atomic E-state index is 13.7. The van der Waals surface area contributed by atoms with Crippen molar-refractivity contribution >= 4 is 50.5 Å². The van der Waals surface area contributed by atoms with Crippen molar-refractivity contribution in [2.24, 2.45) is 0 Å². The van der Waals surface area contributed by atoms with Gasteiger partial charge < -0.3 is 14.4 Å². The average molecular weight is 660 g/mol. The molecule has 0 saturated carbocycles. The monoisotopic (exact) mass is 659 g/mol. The predicted molar refractivity (Wildman–Crippen MR) is 142 cm³/mol. The molecule has 0 radical (unpaired) electrons. The molecule has 0 bridgehead atoms. The van der Waals surface area contributed by atoms with Gasteiger partial charge in [0.15, 0.2) is 5.01 Å². The molecule has 2 N–H and O–H groups in total. The number of hydrogen-bond acceptors (Lipinski definition) is 9. The van der Waals surface area contributed by atoms with Gasteiger partial charge in [-0.1, -0.05) is 29.3 Å². The van der Waals surface area contributed by atoms with Crippen LogP contribution in [-0.4, -0.2) is 71.0 Å². The average Bonchev–Trinajstić information content (AvgIpc) is 3.52. The number of aromatic nitrogens is 3. The fraction of sp³-hybridized carbons (Fsp3) is 0.478. The fourth-order valence-corrected chi connectivity index (χ4v) is 6.94. The lowest BCUT2D eigenvalue weighted by molar-refractivity contribution is -0.147. The first kappa shape index (κ1) is 31.6. The molecule has 1 aliphatic rings. The van der Waals surface area contributed by atoms with Crippen molar-refractivity contribution in [2.45, 2.75) is 62.5 Å². The molecule has 1 saturated heterocycles. The Bertz CT molecular complexity index is 1570. The molecule has 3 heterocycles. The molecule has 41 heavy (non-hydrogen) atoms. The van der Waals surface area contributed by atoms with Crippen molar-refractivity contribution in [3.63, 3.8) is 0 Å². The van der Waals surface area contributed by atoms with Crippen LogP contribution in [0.1, 0.15) is 50.0 Å². The quantitative estimate of drug-likeness (QED) is 0.330. The number of carbonyl (C=O) groups is 1. The lowest BCUT2D eigenvalue weighted by Crippen LogP contribution is -2.43. The Morgan fingerprint density at radius 3 is 2.39 bits per heavy atom. The largest absolute Gasteiger partial charge is 0.415 e. The SMILES string of the molecule is CC(NS(=O)(=O)c1ccc(-c2sc(-c3nnc(C(C)(C)O)o3)nc2C(=O)N2CCC(F)CC2)c(Cl)c1Cl)C(F)(F)F. The molecule has 10 nitrogen and oxygen atoms in total. The number of aliphatic hydroxyl groups is 1. The van der Waals surface area contributed by atoms with Gasteiger partial charge in [0, 0.05) is 18.7 Å². The van der Waals surface area contributed by atoms with E-state index in [0.29, 0.717) is 6.92 Å². The lowest BCUT2D eigenvalue weighted by atomic mass is 10.1. The summed E-state index contributed by atoms with van der Waals surface area (Å²) in [5.41, 5.74) is -1.58. The molecule has 2 aromatic heterocycles. The number of nitrogens with zero attached hydrogens (tertiary/aromatic N) is 4. The maximum Gasteiger partial charge on any atom is 0.404 e. The van der Waals surface area contributed by atoms with E-state index < -0.39 is 49.8 Å². The number of nitrogens with one attached hydrogen (secondary N) is 1. The van der Waals surface area contributed by atoms with Gasteiger partial charge in [-0.2, -0.15) is 17.9 Å². The van der Waals surface area contributed by atoms with E-state index in [0.717, 1.165) is 17.4 Å². The summed E-state index contributed by atoms with van der Waals surface area (Å²) in [7, 11) is -4.76. The molecule has 4 rings (SSSR count). The second-order valence-corrected chi connectivity index (χ2v) is 13.2. The fourth-order valence-electron chi connectivity index (χ4n) is 3.77. The molecule has 0 spiro atoms. The van der Waals surface area contributed by atoms with Crippen molar-refractivity contribution in [1.29, 1.82) is 0 Å². The summed E-state index contributed by atoms with van der Waals surface area (Å²) in [4.78, 5) is 18.7. The van der Waals surface area contributed by atoms with Gasteiger partial charge in [-0.05, 0) is 39.7 Å². The number of amides is 1. The Morgan fingerprint density at radius 2 is 1.83 bits per heavy atom. The van der Waals surface area contributed by atoms with Crippen LogP contribution in [0.5, 0.6) is 0 Å². The third kappa shape index (κ3) is 6.67. The summed E-state index contributed by atoms with van der Waals surface area (Å²) in [5, 5.41) is 16.9. The Kier molecular flexibility index (Phi) is 8.76. The van der Waals surface area contributed by atoms with Crippen molar-refractivity contribution in [3.05, 3.63) is 33.8 Å². The van der Waals surface area contributed by atoms with Gasteiger partial charge >= 0.3 is 6.18 Å². The third-order valence-electron chi connectivity index (χ3n) is 6.08. The highest BCUT2D eigenvalue weighted by Crippen LogP contribution is 2.44. The Labute approximate surface area is 245 Å². The van der Waals surface area contributed by atoms with Crippen LogP contribution in [0.2, 0.25) is 10.0 Å². The van der Waals surface area contributed by atoms with Crippen LogP contribution in [0.15, 0.2) is 21.4 Å². The number of sulfonamides is 1. The number of likely N-dealkylation sites (tertiary alicyclic amines) is 1. The minimum Gasteiger partial charge on any atom is -0.415 e. The van der Waals surface area contributed by atoms with Crippen LogP contribution in [0.25, 0.3) is 21.3 Å². The van der Waals surface area contributed by atoms with E-state index in [2.05, 4.69) is 15.2 Å². The van der Waals surface area contributed by atoms with Crippen molar-refractivity contribution < 1.29 is 40.3 Å². The van der Waals surface area contributed by atoms with Crippen molar-refractivity contribution in [3.8, 4) is 21.3 Å². The number of benzene rings is 1. The zero-order valence-electron chi connectivity index (χ0n) is 21.6. The molecule has 1 fully saturated rings. The van der Waals surface area contributed by atoms with Gasteiger partial charge in [0.1, 0.15) is 28.4 Å². The number of piperidine rings is 1. The van der Waals surface area contributed by atoms with E-state index in [1.807, 2.05) is 0 Å². The van der Waals surface area contributed by atoms with Gasteiger partial charge in [-0.3, -0.25) is 4.79 Å². The smallest absolute Gasteiger partial charge is 0.404 e. The topological polar surface area (TPSA) is 139 Å². The van der Waals surface area contributed by atoms with E-state index in [1.54, 1.807) is 0 Å². The van der Waals surface area contributed by atoms with E-state index in [4.69, 9.17) is 27.6 Å². The summed E-state index contributed by atoms with van der Waals surface area (Å²) in [5.74, 6) is -0.846. The highest BCUT2D eigenvalue weighted by Gasteiger charge is 2.40. The van der Waals surface area contributed by atoms with Gasteiger partial charge in [-0.15, -0.1) is 21.5 Å². The van der Waals surface area contributed by atoms with Crippen LogP contribution in [0, 0.1) is 0 Å². The minimum atomic E-state index is -4.85. The number of thiazole rings is 1. The molecule has 18 heteroatoms. The Hall–Kier alpha value is -2.37. The van der Waals surface area contributed by atoms with Gasteiger partial charge in [0.25, 0.3) is 11.8 Å². The molecule has 1 amide bonds. The summed E-state index contributed by atoms with van der Waals surface area (Å²) >= 11 is 13.6. The third-order valence-corrected chi connectivity index (χ3v) is 9.73. The summed E-state index contributed by atoms with van der Waals surface area (Å²) < 4.78 is 85.1. The van der Waals surface area contributed by atoms with E-state index in [-0.39, 0.29) is 63.9 Å². The molecular weight excluding hydrogens is 637 g/mol. The first-order valence-electron chi connectivity index (χ1n) is 12.0. The number of hydrogen-bond donors (Lipinski definition) is 2. The maximum atomic E-state index is 13.7. The van der Waals surface area contributed by atoms with Crippen LogP contribution in [-0.2, 0) is 15.6 Å². The summed E-state index contributed by atoms with van der Waals surface area (Å²) in [6, 6.07) is -0.276. The van der Waals surface area contributed by atoms with E-state index in [1.165, 1.54) is 29.5 Å². The normalized spacial score (nSPS) is 16.3. The van der Waals surface area contributed by atoms with E-state index >= 15 is 0 Å². The Morgan fingerprint density at radius 1 is 1.20 bits per heavy atom. The minimum absolute atomic E-state index is 0.0502. The van der Waals surface area contributed by atoms with Gasteiger partial charge in [0.05, 0.1) is 14.9 Å². The second kappa shape index (κ2) is 11.4. The number of alkyl halides is 4. The predicted octanol–water partition coefficient (Wildman–Crippen LogP) is 5.20. The molecule has 1 aromatic carbocycles. The van der Waals surface area contributed by atoms with Crippen LogP contribution >= 0.6 is 34.5 Å². The van der Waals surface area contributed by atoms with Gasteiger partial charge in [-0.25, -0.2) is 17.8 Å². The zero-order chi connectivity index (χ0) is 30.5. The molecule has 3 aromatic rings. The number of rotatable bonds is 7. The molecule has 224 valence electrons. The lowest BCUT2D eigenvalue weighted by Gasteiger charge is -2.28. The first-order valence-corrected chi connectivity index (χ1v) is 15.0. The number of carbonyl (C=O) groups excluding carboxylic acids is 1. The zero-order valence-corrected chi connectivity index (χ0v) is 24.7. The second-order valence-electron chi connectivity index (χ2n) is 9.76. The van der Waals surface area contributed by atoms with Crippen LogP contribution in [0.3, 0.4) is 0 Å². The van der Waals surface area contributed by atoms with Crippen molar-refractivity contribution in [2.75, 3.05) is 13.1 Å². The number of halogens is 6.